The third kappa shape index (κ3) is 3.34. The first-order valence-corrected chi connectivity index (χ1v) is 9.37. The highest BCUT2D eigenvalue weighted by atomic mass is 32.2. The van der Waals surface area contributed by atoms with E-state index < -0.39 is 25.1 Å². The van der Waals surface area contributed by atoms with Crippen molar-refractivity contribution in [1.82, 2.24) is 0 Å². The van der Waals surface area contributed by atoms with Gasteiger partial charge >= 0.3 is 0 Å². The van der Waals surface area contributed by atoms with Gasteiger partial charge in [0.15, 0.2) is 0 Å². The van der Waals surface area contributed by atoms with E-state index in [-0.39, 0.29) is 41.5 Å². The number of sulfone groups is 1. The third-order valence-electron chi connectivity index (χ3n) is 3.23. The van der Waals surface area contributed by atoms with Crippen molar-refractivity contribution in [2.24, 2.45) is 0 Å². The SMILES string of the molecule is Nc1cc(O)ccc1NS(=O)(=O)C1CCS(=O)(=O)CC1. The molecule has 1 fully saturated rings. The smallest absolute Gasteiger partial charge is 0.235 e. The fourth-order valence-corrected chi connectivity index (χ4v) is 5.36. The molecule has 4 N–H and O–H groups in total. The number of anilines is 2. The number of aromatic hydroxyl groups is 1. The Hall–Kier alpha value is -1.48. The van der Waals surface area contributed by atoms with Crippen LogP contribution in [-0.4, -0.2) is 38.7 Å². The van der Waals surface area contributed by atoms with Gasteiger partial charge in [0.1, 0.15) is 15.6 Å². The molecule has 1 aromatic carbocycles. The van der Waals surface area contributed by atoms with Crippen LogP contribution in [0.3, 0.4) is 0 Å². The predicted molar refractivity (Wildman–Crippen MR) is 76.7 cm³/mol. The van der Waals surface area contributed by atoms with Gasteiger partial charge in [-0.3, -0.25) is 4.72 Å². The number of phenols is 1. The predicted octanol–water partition coefficient (Wildman–Crippen LogP) is 0.293. The highest BCUT2D eigenvalue weighted by Crippen LogP contribution is 2.27. The van der Waals surface area contributed by atoms with Crippen LogP contribution < -0.4 is 10.5 Å². The van der Waals surface area contributed by atoms with Gasteiger partial charge < -0.3 is 10.8 Å². The molecule has 20 heavy (non-hydrogen) atoms. The van der Waals surface area contributed by atoms with Crippen molar-refractivity contribution in [1.29, 1.82) is 0 Å². The molecule has 0 unspecified atom stereocenters. The summed E-state index contributed by atoms with van der Waals surface area (Å²) in [6, 6.07) is 3.92. The number of hydrogen-bond donors (Lipinski definition) is 3. The van der Waals surface area contributed by atoms with Gasteiger partial charge in [0, 0.05) is 6.07 Å². The van der Waals surface area contributed by atoms with Gasteiger partial charge in [0.05, 0.1) is 28.1 Å². The number of benzene rings is 1. The summed E-state index contributed by atoms with van der Waals surface area (Å²) in [5.74, 6) is -0.304. The Morgan fingerprint density at radius 3 is 2.40 bits per heavy atom. The lowest BCUT2D eigenvalue weighted by Gasteiger charge is -2.23. The van der Waals surface area contributed by atoms with Crippen molar-refractivity contribution in [3.05, 3.63) is 18.2 Å². The number of hydrogen-bond acceptors (Lipinski definition) is 6. The molecule has 0 saturated carbocycles. The summed E-state index contributed by atoms with van der Waals surface area (Å²) in [5.41, 5.74) is 5.90. The molecule has 0 bridgehead atoms. The van der Waals surface area contributed by atoms with Crippen LogP contribution >= 0.6 is 0 Å². The highest BCUT2D eigenvalue weighted by molar-refractivity contribution is 7.94. The highest BCUT2D eigenvalue weighted by Gasteiger charge is 2.33. The van der Waals surface area contributed by atoms with E-state index in [0.29, 0.717) is 0 Å². The Bertz CT molecular complexity index is 698. The zero-order chi connectivity index (χ0) is 15.0. The first-order valence-electron chi connectivity index (χ1n) is 6.00. The Balaban J connectivity index is 2.16. The maximum absolute atomic E-state index is 12.2. The molecule has 0 atom stereocenters. The normalized spacial score (nSPS) is 19.6. The minimum atomic E-state index is -3.70. The topological polar surface area (TPSA) is 127 Å². The largest absolute Gasteiger partial charge is 0.508 e. The second-order valence-corrected chi connectivity index (χ2v) is 9.03. The lowest BCUT2D eigenvalue weighted by Crippen LogP contribution is -2.36. The number of rotatable bonds is 3. The lowest BCUT2D eigenvalue weighted by atomic mass is 10.2. The molecule has 0 amide bonds. The molecular weight excluding hydrogens is 304 g/mol. The van der Waals surface area contributed by atoms with Crippen LogP contribution in [0.2, 0.25) is 0 Å². The van der Waals surface area contributed by atoms with Gasteiger partial charge in [-0.2, -0.15) is 0 Å². The molecule has 1 heterocycles. The number of nitrogens with one attached hydrogen (secondary N) is 1. The molecule has 0 aromatic heterocycles. The van der Waals surface area contributed by atoms with Crippen LogP contribution in [0.25, 0.3) is 0 Å². The molecule has 7 nitrogen and oxygen atoms in total. The van der Waals surface area contributed by atoms with Crippen molar-refractivity contribution in [3.8, 4) is 5.75 Å². The monoisotopic (exact) mass is 320 g/mol. The van der Waals surface area contributed by atoms with E-state index in [1.54, 1.807) is 0 Å². The first-order chi connectivity index (χ1) is 9.20. The molecule has 1 aromatic rings. The summed E-state index contributed by atoms with van der Waals surface area (Å²) in [7, 11) is -6.81. The van der Waals surface area contributed by atoms with E-state index in [4.69, 9.17) is 5.73 Å². The third-order valence-corrected chi connectivity index (χ3v) is 6.80. The molecule has 0 radical (unpaired) electrons. The zero-order valence-electron chi connectivity index (χ0n) is 10.6. The molecule has 0 aliphatic carbocycles. The lowest BCUT2D eigenvalue weighted by molar-refractivity contribution is 0.475. The quantitative estimate of drug-likeness (QED) is 0.543. The summed E-state index contributed by atoms with van der Waals surface area (Å²) in [6.07, 6.45) is 0.158. The summed E-state index contributed by atoms with van der Waals surface area (Å²) in [4.78, 5) is 0. The van der Waals surface area contributed by atoms with Gasteiger partial charge in [0.25, 0.3) is 0 Å². The molecular formula is C11H16N2O5S2. The van der Waals surface area contributed by atoms with Crippen LogP contribution in [-0.2, 0) is 19.9 Å². The van der Waals surface area contributed by atoms with Gasteiger partial charge in [-0.15, -0.1) is 0 Å². The van der Waals surface area contributed by atoms with E-state index in [9.17, 15) is 21.9 Å². The van der Waals surface area contributed by atoms with E-state index >= 15 is 0 Å². The van der Waals surface area contributed by atoms with Crippen molar-refractivity contribution in [2.45, 2.75) is 18.1 Å². The molecule has 1 aliphatic rings. The zero-order valence-corrected chi connectivity index (χ0v) is 12.2. The van der Waals surface area contributed by atoms with Crippen LogP contribution in [0.5, 0.6) is 5.75 Å². The number of nitrogens with two attached hydrogens (primary N) is 1. The van der Waals surface area contributed by atoms with Crippen molar-refractivity contribution in [2.75, 3.05) is 22.0 Å². The molecule has 112 valence electrons. The van der Waals surface area contributed by atoms with E-state index in [2.05, 4.69) is 4.72 Å². The average molecular weight is 320 g/mol. The fourth-order valence-electron chi connectivity index (χ4n) is 2.06. The summed E-state index contributed by atoms with van der Waals surface area (Å²) >= 11 is 0. The van der Waals surface area contributed by atoms with E-state index in [0.717, 1.165) is 0 Å². The molecule has 2 rings (SSSR count). The molecule has 1 aliphatic heterocycles. The number of sulfonamides is 1. The Kier molecular flexibility index (Phi) is 3.83. The second kappa shape index (κ2) is 5.13. The van der Waals surface area contributed by atoms with Crippen molar-refractivity contribution >= 4 is 31.2 Å². The van der Waals surface area contributed by atoms with Crippen LogP contribution in [0.1, 0.15) is 12.8 Å². The average Bonchev–Trinajstić information content (AvgIpc) is 2.32. The molecule has 0 spiro atoms. The summed E-state index contributed by atoms with van der Waals surface area (Å²) < 4.78 is 49.3. The summed E-state index contributed by atoms with van der Waals surface area (Å²) in [5, 5.41) is 8.47. The minimum Gasteiger partial charge on any atom is -0.508 e. The second-order valence-electron chi connectivity index (χ2n) is 4.77. The standard InChI is InChI=1S/C11H16N2O5S2/c12-10-7-8(14)1-2-11(10)13-20(17,18)9-3-5-19(15,16)6-4-9/h1-2,7,9,13-14H,3-6,12H2. The maximum Gasteiger partial charge on any atom is 0.235 e. The molecule has 9 heteroatoms. The van der Waals surface area contributed by atoms with Crippen LogP contribution in [0.4, 0.5) is 11.4 Å². The van der Waals surface area contributed by atoms with E-state index in [1.807, 2.05) is 0 Å². The summed E-state index contributed by atoms with van der Waals surface area (Å²) in [6.45, 7) is 0. The van der Waals surface area contributed by atoms with Crippen molar-refractivity contribution < 1.29 is 21.9 Å². The first kappa shape index (κ1) is 14.9. The van der Waals surface area contributed by atoms with Gasteiger partial charge in [0.2, 0.25) is 10.0 Å². The van der Waals surface area contributed by atoms with Gasteiger partial charge in [-0.05, 0) is 25.0 Å². The Morgan fingerprint density at radius 1 is 1.25 bits per heavy atom. The Labute approximate surface area is 117 Å². The van der Waals surface area contributed by atoms with Gasteiger partial charge in [-0.25, -0.2) is 16.8 Å². The van der Waals surface area contributed by atoms with Gasteiger partial charge in [-0.1, -0.05) is 0 Å². The minimum absolute atomic E-state index is 0.0609. The maximum atomic E-state index is 12.2. The van der Waals surface area contributed by atoms with Crippen molar-refractivity contribution in [3.63, 3.8) is 0 Å². The number of nitrogen functional groups attached to an aromatic ring is 1. The fraction of sp³-hybridized carbons (Fsp3) is 0.455. The molecule has 1 saturated heterocycles. The number of phenolic OH excluding ortho intramolecular Hbond substituents is 1. The van der Waals surface area contributed by atoms with Crippen LogP contribution in [0.15, 0.2) is 18.2 Å². The van der Waals surface area contributed by atoms with E-state index in [1.165, 1.54) is 18.2 Å². The Morgan fingerprint density at radius 2 is 1.85 bits per heavy atom. The van der Waals surface area contributed by atoms with Crippen LogP contribution in [0, 0.1) is 0 Å².